The molecule has 3 rings (SSSR count). The molecule has 2 N–H and O–H groups in total. The first-order valence-corrected chi connectivity index (χ1v) is 6.42. The van der Waals surface area contributed by atoms with Gasteiger partial charge >= 0.3 is 0 Å². The molecule has 90 valence electrons. The van der Waals surface area contributed by atoms with Crippen LogP contribution in [0.4, 0.5) is 0 Å². The molecular formula is C12H20N2O2. The second kappa shape index (κ2) is 4.00. The van der Waals surface area contributed by atoms with Gasteiger partial charge in [-0.05, 0) is 25.2 Å². The van der Waals surface area contributed by atoms with E-state index in [1.165, 1.54) is 6.42 Å². The molecule has 1 saturated carbocycles. The van der Waals surface area contributed by atoms with Crippen LogP contribution in [0, 0.1) is 11.8 Å². The van der Waals surface area contributed by atoms with Gasteiger partial charge in [0.2, 0.25) is 5.91 Å². The molecule has 3 fully saturated rings. The van der Waals surface area contributed by atoms with Crippen molar-refractivity contribution < 1.29 is 9.90 Å². The number of nitrogens with zero attached hydrogens (tertiary/aromatic N) is 1. The van der Waals surface area contributed by atoms with Crippen LogP contribution in [-0.2, 0) is 4.79 Å². The minimum absolute atomic E-state index is 0.0758. The van der Waals surface area contributed by atoms with Crippen LogP contribution in [-0.4, -0.2) is 47.7 Å². The van der Waals surface area contributed by atoms with Crippen LogP contribution in [0.1, 0.15) is 25.7 Å². The van der Waals surface area contributed by atoms with Gasteiger partial charge in [-0.3, -0.25) is 4.79 Å². The summed E-state index contributed by atoms with van der Waals surface area (Å²) in [6.07, 6.45) is 3.76. The first-order valence-electron chi connectivity index (χ1n) is 6.42. The Bertz CT molecular complexity index is 295. The predicted octanol–water partition coefficient (Wildman–Crippen LogP) is -0.0323. The Morgan fingerprint density at radius 2 is 2.19 bits per heavy atom. The van der Waals surface area contributed by atoms with E-state index < -0.39 is 0 Å². The Morgan fingerprint density at radius 3 is 2.88 bits per heavy atom. The number of nitrogens with one attached hydrogen (secondary N) is 1. The van der Waals surface area contributed by atoms with E-state index in [1.807, 2.05) is 0 Å². The second-order valence-corrected chi connectivity index (χ2v) is 5.59. The molecule has 2 aliphatic heterocycles. The fourth-order valence-electron chi connectivity index (χ4n) is 3.60. The molecule has 0 spiro atoms. The molecule has 2 heterocycles. The van der Waals surface area contributed by atoms with Gasteiger partial charge in [-0.15, -0.1) is 0 Å². The van der Waals surface area contributed by atoms with Crippen LogP contribution in [0.2, 0.25) is 0 Å². The zero-order chi connectivity index (χ0) is 11.1. The Morgan fingerprint density at radius 1 is 1.31 bits per heavy atom. The van der Waals surface area contributed by atoms with Crippen molar-refractivity contribution in [3.63, 3.8) is 0 Å². The molecule has 1 aliphatic carbocycles. The smallest absolute Gasteiger partial charge is 0.220 e. The van der Waals surface area contributed by atoms with Crippen LogP contribution < -0.4 is 5.32 Å². The molecule has 3 aliphatic rings. The summed E-state index contributed by atoms with van der Waals surface area (Å²) in [5, 5.41) is 12.8. The zero-order valence-electron chi connectivity index (χ0n) is 9.56. The highest BCUT2D eigenvalue weighted by Gasteiger charge is 2.42. The summed E-state index contributed by atoms with van der Waals surface area (Å²) in [5.74, 6) is 1.40. The second-order valence-electron chi connectivity index (χ2n) is 5.59. The van der Waals surface area contributed by atoms with Gasteiger partial charge in [-0.25, -0.2) is 0 Å². The molecule has 0 bridgehead atoms. The highest BCUT2D eigenvalue weighted by atomic mass is 16.3. The summed E-state index contributed by atoms with van der Waals surface area (Å²) in [4.78, 5) is 13.5. The maximum Gasteiger partial charge on any atom is 0.220 e. The number of hydrogen-bond donors (Lipinski definition) is 2. The fourth-order valence-corrected chi connectivity index (χ4v) is 3.60. The van der Waals surface area contributed by atoms with Crippen LogP contribution in [0.5, 0.6) is 0 Å². The molecule has 0 aromatic rings. The van der Waals surface area contributed by atoms with Crippen LogP contribution in [0.25, 0.3) is 0 Å². The Kier molecular flexibility index (Phi) is 2.64. The number of hydrogen-bond acceptors (Lipinski definition) is 3. The highest BCUT2D eigenvalue weighted by molar-refractivity contribution is 5.78. The molecule has 16 heavy (non-hydrogen) atoms. The molecule has 4 nitrogen and oxygen atoms in total. The van der Waals surface area contributed by atoms with Crippen molar-refractivity contribution in [2.45, 2.75) is 37.8 Å². The highest BCUT2D eigenvalue weighted by Crippen LogP contribution is 2.38. The summed E-state index contributed by atoms with van der Waals surface area (Å²) in [5.41, 5.74) is 0. The van der Waals surface area contributed by atoms with Crippen molar-refractivity contribution in [2.24, 2.45) is 11.8 Å². The van der Waals surface area contributed by atoms with E-state index >= 15 is 0 Å². The quantitative estimate of drug-likeness (QED) is 0.692. The number of carbonyl (C=O) groups excluding carboxylic acids is 1. The van der Waals surface area contributed by atoms with E-state index in [2.05, 4.69) is 10.2 Å². The van der Waals surface area contributed by atoms with Gasteiger partial charge in [-0.2, -0.15) is 0 Å². The van der Waals surface area contributed by atoms with Crippen molar-refractivity contribution in [1.82, 2.24) is 10.2 Å². The normalized spacial score (nSPS) is 43.7. The van der Waals surface area contributed by atoms with E-state index in [0.29, 0.717) is 24.3 Å². The Hall–Kier alpha value is -0.610. The lowest BCUT2D eigenvalue weighted by Crippen LogP contribution is -2.38. The fraction of sp³-hybridized carbons (Fsp3) is 0.917. The van der Waals surface area contributed by atoms with Gasteiger partial charge in [0, 0.05) is 38.0 Å². The van der Waals surface area contributed by atoms with Gasteiger partial charge in [0.05, 0.1) is 6.10 Å². The molecule has 0 aromatic carbocycles. The molecule has 2 saturated heterocycles. The van der Waals surface area contributed by atoms with Gasteiger partial charge < -0.3 is 15.3 Å². The monoisotopic (exact) mass is 224 g/mol. The van der Waals surface area contributed by atoms with Gasteiger partial charge in [0.25, 0.3) is 0 Å². The minimum Gasteiger partial charge on any atom is -0.393 e. The minimum atomic E-state index is -0.0758. The first kappa shape index (κ1) is 10.5. The molecular weight excluding hydrogens is 204 g/mol. The van der Waals surface area contributed by atoms with Crippen molar-refractivity contribution in [3.05, 3.63) is 0 Å². The maximum atomic E-state index is 11.1. The maximum absolute atomic E-state index is 11.1. The number of amides is 1. The SMILES string of the molecule is O=C1CCC(CN2CC3CCC(O)C3C2)N1. The van der Waals surface area contributed by atoms with E-state index in [1.54, 1.807) is 0 Å². The van der Waals surface area contributed by atoms with Crippen LogP contribution in [0.3, 0.4) is 0 Å². The summed E-state index contributed by atoms with van der Waals surface area (Å²) < 4.78 is 0. The summed E-state index contributed by atoms with van der Waals surface area (Å²) >= 11 is 0. The lowest BCUT2D eigenvalue weighted by molar-refractivity contribution is -0.119. The first-order chi connectivity index (χ1) is 7.72. The number of aliphatic hydroxyl groups excluding tert-OH is 1. The third-order valence-electron chi connectivity index (χ3n) is 4.46. The van der Waals surface area contributed by atoms with Crippen molar-refractivity contribution in [3.8, 4) is 0 Å². The van der Waals surface area contributed by atoms with Crippen molar-refractivity contribution in [1.29, 1.82) is 0 Å². The summed E-state index contributed by atoms with van der Waals surface area (Å²) in [7, 11) is 0. The molecule has 0 radical (unpaired) electrons. The Balaban J connectivity index is 1.53. The van der Waals surface area contributed by atoms with Crippen LogP contribution in [0.15, 0.2) is 0 Å². The summed E-state index contributed by atoms with van der Waals surface area (Å²) in [6.45, 7) is 3.12. The van der Waals surface area contributed by atoms with Crippen molar-refractivity contribution in [2.75, 3.05) is 19.6 Å². The van der Waals surface area contributed by atoms with E-state index in [-0.39, 0.29) is 12.0 Å². The largest absolute Gasteiger partial charge is 0.393 e. The number of fused-ring (bicyclic) bond motifs is 1. The number of rotatable bonds is 2. The third kappa shape index (κ3) is 1.84. The molecule has 4 atom stereocenters. The van der Waals surface area contributed by atoms with Crippen LogP contribution >= 0.6 is 0 Å². The van der Waals surface area contributed by atoms with Crippen molar-refractivity contribution >= 4 is 5.91 Å². The third-order valence-corrected chi connectivity index (χ3v) is 4.46. The standard InChI is InChI=1S/C12H20N2O2/c15-11-3-1-8-5-14(7-10(8)11)6-9-2-4-12(16)13-9/h8-11,15H,1-7H2,(H,13,16). The number of aliphatic hydroxyl groups is 1. The van der Waals surface area contributed by atoms with E-state index in [0.717, 1.165) is 32.5 Å². The topological polar surface area (TPSA) is 52.6 Å². The average Bonchev–Trinajstić information content (AvgIpc) is 2.88. The average molecular weight is 224 g/mol. The zero-order valence-corrected chi connectivity index (χ0v) is 9.56. The molecule has 0 aromatic heterocycles. The molecule has 4 heteroatoms. The summed E-state index contributed by atoms with van der Waals surface area (Å²) in [6, 6.07) is 0.350. The van der Waals surface area contributed by atoms with Gasteiger partial charge in [-0.1, -0.05) is 0 Å². The lowest BCUT2D eigenvalue weighted by atomic mass is 10.00. The molecule has 1 amide bonds. The van der Waals surface area contributed by atoms with Gasteiger partial charge in [0.15, 0.2) is 0 Å². The molecule has 4 unspecified atom stereocenters. The number of carbonyl (C=O) groups is 1. The van der Waals surface area contributed by atoms with E-state index in [9.17, 15) is 9.90 Å². The van der Waals surface area contributed by atoms with Gasteiger partial charge in [0.1, 0.15) is 0 Å². The predicted molar refractivity (Wildman–Crippen MR) is 59.8 cm³/mol. The van der Waals surface area contributed by atoms with E-state index in [4.69, 9.17) is 0 Å². The lowest BCUT2D eigenvalue weighted by Gasteiger charge is -2.21. The number of likely N-dealkylation sites (tertiary alicyclic amines) is 1. The Labute approximate surface area is 96.0 Å².